The van der Waals surface area contributed by atoms with Crippen molar-refractivity contribution in [3.8, 4) is 5.88 Å². The van der Waals surface area contributed by atoms with Crippen molar-refractivity contribution in [1.29, 1.82) is 0 Å². The monoisotopic (exact) mass is 280 g/mol. The average molecular weight is 280 g/mol. The Kier molecular flexibility index (Phi) is 2.22. The maximum Gasteiger partial charge on any atom is 0.246 e. The van der Waals surface area contributed by atoms with Gasteiger partial charge in [0.25, 0.3) is 0 Å². The van der Waals surface area contributed by atoms with Crippen LogP contribution >= 0.6 is 22.6 Å². The van der Waals surface area contributed by atoms with E-state index in [0.29, 0.717) is 11.9 Å². The number of methoxy groups -OCH3 is 1. The second kappa shape index (κ2) is 3.21. The molecule has 1 aliphatic heterocycles. The minimum absolute atomic E-state index is 0.405. The van der Waals surface area contributed by atoms with Gasteiger partial charge in [-0.25, -0.2) is 0 Å². The molecule has 1 aromatic heterocycles. The fraction of sp³-hybridized carbons (Fsp3) is 0.571. The van der Waals surface area contributed by atoms with Crippen molar-refractivity contribution in [3.05, 3.63) is 9.77 Å². The fourth-order valence-corrected chi connectivity index (χ4v) is 1.67. The standard InChI is InChI=1S/C7H9IN2O2/c1-11-7-6(8)2-10(9-7)5-3-12-4-5/h2,5H,3-4H2,1H3. The lowest BCUT2D eigenvalue weighted by Crippen LogP contribution is -2.30. The highest BCUT2D eigenvalue weighted by Gasteiger charge is 2.22. The molecule has 0 aliphatic carbocycles. The van der Waals surface area contributed by atoms with Gasteiger partial charge in [-0.15, -0.1) is 5.10 Å². The molecule has 4 nitrogen and oxygen atoms in total. The van der Waals surface area contributed by atoms with Crippen molar-refractivity contribution in [2.45, 2.75) is 6.04 Å². The summed E-state index contributed by atoms with van der Waals surface area (Å²) in [7, 11) is 1.63. The zero-order valence-corrected chi connectivity index (χ0v) is 8.82. The molecular weight excluding hydrogens is 271 g/mol. The number of hydrogen-bond acceptors (Lipinski definition) is 3. The van der Waals surface area contributed by atoms with Crippen LogP contribution in [0.1, 0.15) is 6.04 Å². The Morgan fingerprint density at radius 1 is 1.75 bits per heavy atom. The summed E-state index contributed by atoms with van der Waals surface area (Å²) in [5, 5.41) is 4.26. The molecule has 1 saturated heterocycles. The number of hydrogen-bond donors (Lipinski definition) is 0. The van der Waals surface area contributed by atoms with Crippen LogP contribution in [0.5, 0.6) is 5.88 Å². The van der Waals surface area contributed by atoms with Crippen molar-refractivity contribution in [2.75, 3.05) is 20.3 Å². The van der Waals surface area contributed by atoms with Gasteiger partial charge in [0.15, 0.2) is 0 Å². The van der Waals surface area contributed by atoms with E-state index in [1.165, 1.54) is 0 Å². The number of nitrogens with zero attached hydrogens (tertiary/aromatic N) is 2. The molecule has 2 rings (SSSR count). The Morgan fingerprint density at radius 3 is 2.92 bits per heavy atom. The molecule has 12 heavy (non-hydrogen) atoms. The molecule has 0 unspecified atom stereocenters. The van der Waals surface area contributed by atoms with Crippen LogP contribution in [0.4, 0.5) is 0 Å². The molecule has 2 heterocycles. The smallest absolute Gasteiger partial charge is 0.246 e. The normalized spacial score (nSPS) is 17.5. The van der Waals surface area contributed by atoms with Crippen LogP contribution in [-0.2, 0) is 4.74 Å². The summed E-state index contributed by atoms with van der Waals surface area (Å²) in [6.45, 7) is 1.53. The minimum Gasteiger partial charge on any atom is -0.479 e. The van der Waals surface area contributed by atoms with E-state index < -0.39 is 0 Å². The first-order chi connectivity index (χ1) is 5.81. The van der Waals surface area contributed by atoms with Crippen molar-refractivity contribution < 1.29 is 9.47 Å². The van der Waals surface area contributed by atoms with Gasteiger partial charge in [-0.1, -0.05) is 0 Å². The molecule has 1 fully saturated rings. The Bertz CT molecular complexity index is 283. The van der Waals surface area contributed by atoms with Gasteiger partial charge in [-0.05, 0) is 22.6 Å². The van der Waals surface area contributed by atoms with E-state index in [4.69, 9.17) is 9.47 Å². The van der Waals surface area contributed by atoms with Gasteiger partial charge in [0.2, 0.25) is 5.88 Å². The largest absolute Gasteiger partial charge is 0.479 e. The summed E-state index contributed by atoms with van der Waals surface area (Å²) in [5.74, 6) is 0.697. The van der Waals surface area contributed by atoms with E-state index in [2.05, 4.69) is 27.7 Å². The summed E-state index contributed by atoms with van der Waals surface area (Å²) >= 11 is 2.21. The molecular formula is C7H9IN2O2. The molecule has 66 valence electrons. The summed E-state index contributed by atoms with van der Waals surface area (Å²) in [6, 6.07) is 0.405. The highest BCUT2D eigenvalue weighted by molar-refractivity contribution is 14.1. The first-order valence-electron chi connectivity index (χ1n) is 3.67. The quantitative estimate of drug-likeness (QED) is 0.760. The summed E-state index contributed by atoms with van der Waals surface area (Å²) in [5.41, 5.74) is 0. The number of halogens is 1. The lowest BCUT2D eigenvalue weighted by atomic mass is 10.3. The third-order valence-corrected chi connectivity index (χ3v) is 2.58. The Labute approximate surface area is 84.0 Å². The third-order valence-electron chi connectivity index (χ3n) is 1.84. The molecule has 0 radical (unpaired) electrons. The van der Waals surface area contributed by atoms with Crippen LogP contribution in [0.25, 0.3) is 0 Å². The van der Waals surface area contributed by atoms with Gasteiger partial charge < -0.3 is 9.47 Å². The zero-order valence-electron chi connectivity index (χ0n) is 6.66. The van der Waals surface area contributed by atoms with Crippen molar-refractivity contribution in [1.82, 2.24) is 9.78 Å². The molecule has 0 aromatic carbocycles. The number of aromatic nitrogens is 2. The SMILES string of the molecule is COc1nn(C2COC2)cc1I. The second-order valence-electron chi connectivity index (χ2n) is 2.66. The summed E-state index contributed by atoms with van der Waals surface area (Å²) < 4.78 is 13.1. The highest BCUT2D eigenvalue weighted by atomic mass is 127. The molecule has 0 bridgehead atoms. The molecule has 1 aliphatic rings. The lowest BCUT2D eigenvalue weighted by molar-refractivity contribution is -0.0289. The third kappa shape index (κ3) is 1.31. The van der Waals surface area contributed by atoms with E-state index in [0.717, 1.165) is 16.8 Å². The van der Waals surface area contributed by atoms with E-state index in [1.54, 1.807) is 7.11 Å². The molecule has 5 heteroatoms. The molecule has 1 aromatic rings. The number of rotatable bonds is 2. The molecule has 0 amide bonds. The van der Waals surface area contributed by atoms with Gasteiger partial charge in [0.05, 0.1) is 29.9 Å². The maximum absolute atomic E-state index is 5.07. The Morgan fingerprint density at radius 2 is 2.50 bits per heavy atom. The molecule has 0 saturated carbocycles. The van der Waals surface area contributed by atoms with Crippen LogP contribution in [0.3, 0.4) is 0 Å². The van der Waals surface area contributed by atoms with Gasteiger partial charge in [0, 0.05) is 6.20 Å². The topological polar surface area (TPSA) is 36.3 Å². The van der Waals surface area contributed by atoms with Crippen molar-refractivity contribution in [2.24, 2.45) is 0 Å². The van der Waals surface area contributed by atoms with Crippen LogP contribution in [-0.4, -0.2) is 30.1 Å². The summed E-state index contributed by atoms with van der Waals surface area (Å²) in [4.78, 5) is 0. The molecule has 0 atom stereocenters. The van der Waals surface area contributed by atoms with E-state index in [9.17, 15) is 0 Å². The number of ether oxygens (including phenoxy) is 2. The van der Waals surface area contributed by atoms with E-state index >= 15 is 0 Å². The first-order valence-corrected chi connectivity index (χ1v) is 4.75. The minimum atomic E-state index is 0.405. The van der Waals surface area contributed by atoms with Crippen molar-refractivity contribution >= 4 is 22.6 Å². The van der Waals surface area contributed by atoms with Gasteiger partial charge in [0.1, 0.15) is 0 Å². The predicted octanol–water partition coefficient (Wildman–Crippen LogP) is 1.07. The molecule has 0 spiro atoms. The second-order valence-corrected chi connectivity index (χ2v) is 3.82. The van der Waals surface area contributed by atoms with Crippen LogP contribution < -0.4 is 4.74 Å². The summed E-state index contributed by atoms with van der Waals surface area (Å²) in [6.07, 6.45) is 1.98. The van der Waals surface area contributed by atoms with Gasteiger partial charge in [-0.3, -0.25) is 4.68 Å². The van der Waals surface area contributed by atoms with Crippen LogP contribution in [0.2, 0.25) is 0 Å². The Hall–Kier alpha value is -0.300. The van der Waals surface area contributed by atoms with E-state index in [1.807, 2.05) is 10.9 Å². The Balaban J connectivity index is 2.21. The zero-order chi connectivity index (χ0) is 8.55. The lowest BCUT2D eigenvalue weighted by Gasteiger charge is -2.25. The van der Waals surface area contributed by atoms with Gasteiger partial charge in [-0.2, -0.15) is 0 Å². The van der Waals surface area contributed by atoms with Crippen LogP contribution in [0.15, 0.2) is 6.20 Å². The fourth-order valence-electron chi connectivity index (χ4n) is 1.05. The average Bonchev–Trinajstić information content (AvgIpc) is 2.27. The van der Waals surface area contributed by atoms with Crippen molar-refractivity contribution in [3.63, 3.8) is 0 Å². The highest BCUT2D eigenvalue weighted by Crippen LogP contribution is 2.23. The molecule has 0 N–H and O–H groups in total. The van der Waals surface area contributed by atoms with Gasteiger partial charge >= 0.3 is 0 Å². The predicted molar refractivity (Wildman–Crippen MR) is 51.4 cm³/mol. The van der Waals surface area contributed by atoms with E-state index in [-0.39, 0.29) is 0 Å². The first kappa shape index (κ1) is 8.31. The van der Waals surface area contributed by atoms with Crippen LogP contribution in [0, 0.1) is 3.57 Å². The maximum atomic E-state index is 5.07.